The van der Waals surface area contributed by atoms with Crippen molar-refractivity contribution in [1.82, 2.24) is 25.1 Å². The summed E-state index contributed by atoms with van der Waals surface area (Å²) in [5.74, 6) is 1.77. The Balaban J connectivity index is 1.32. The molecule has 4 rings (SSSR count). The average molecular weight is 399 g/mol. The molecule has 1 aliphatic carbocycles. The number of rotatable bonds is 5. The Morgan fingerprint density at radius 1 is 1.24 bits per heavy atom. The topological polar surface area (TPSA) is 96.2 Å². The SMILES string of the molecule is Cc1nn(C)c(C)c1CCC(=O)N[C@H]1C[C@H]2CN(c3cnccn3)C[C@H]2C[C@@H]1O. The van der Waals surface area contributed by atoms with Gasteiger partial charge in [0.2, 0.25) is 5.91 Å². The van der Waals surface area contributed by atoms with Gasteiger partial charge in [-0.1, -0.05) is 0 Å². The van der Waals surface area contributed by atoms with Gasteiger partial charge in [0.25, 0.3) is 0 Å². The summed E-state index contributed by atoms with van der Waals surface area (Å²) in [6.07, 6.45) is 7.28. The third kappa shape index (κ3) is 4.12. The summed E-state index contributed by atoms with van der Waals surface area (Å²) < 4.78 is 1.86. The second kappa shape index (κ2) is 8.10. The van der Waals surface area contributed by atoms with Crippen LogP contribution in [0.15, 0.2) is 18.6 Å². The van der Waals surface area contributed by atoms with E-state index >= 15 is 0 Å². The number of nitrogens with zero attached hydrogens (tertiary/aromatic N) is 5. The summed E-state index contributed by atoms with van der Waals surface area (Å²) in [4.78, 5) is 23.4. The van der Waals surface area contributed by atoms with Crippen molar-refractivity contribution < 1.29 is 9.90 Å². The first-order chi connectivity index (χ1) is 13.9. The quantitative estimate of drug-likeness (QED) is 0.784. The number of aromatic nitrogens is 4. The second-order valence-corrected chi connectivity index (χ2v) is 8.47. The highest BCUT2D eigenvalue weighted by atomic mass is 16.3. The van der Waals surface area contributed by atoms with E-state index in [2.05, 4.69) is 25.3 Å². The van der Waals surface area contributed by atoms with E-state index in [0.29, 0.717) is 31.1 Å². The fraction of sp³-hybridized carbons (Fsp3) is 0.619. The van der Waals surface area contributed by atoms with Crippen molar-refractivity contribution in [1.29, 1.82) is 0 Å². The number of carbonyl (C=O) groups is 1. The Bertz CT molecular complexity index is 868. The van der Waals surface area contributed by atoms with Crippen molar-refractivity contribution in [2.75, 3.05) is 18.0 Å². The highest BCUT2D eigenvalue weighted by molar-refractivity contribution is 5.76. The molecule has 1 amide bonds. The van der Waals surface area contributed by atoms with Gasteiger partial charge in [-0.3, -0.25) is 14.5 Å². The van der Waals surface area contributed by atoms with E-state index in [9.17, 15) is 9.90 Å². The van der Waals surface area contributed by atoms with Crippen LogP contribution in [0.5, 0.6) is 0 Å². The number of carbonyl (C=O) groups excluding carboxylic acids is 1. The Kier molecular flexibility index (Phi) is 5.54. The van der Waals surface area contributed by atoms with Crippen LogP contribution in [0.4, 0.5) is 5.82 Å². The van der Waals surface area contributed by atoms with Gasteiger partial charge in [0.05, 0.1) is 24.0 Å². The number of hydrogen-bond acceptors (Lipinski definition) is 6. The molecule has 1 saturated heterocycles. The van der Waals surface area contributed by atoms with Gasteiger partial charge in [-0.15, -0.1) is 0 Å². The minimum Gasteiger partial charge on any atom is -0.391 e. The maximum Gasteiger partial charge on any atom is 0.220 e. The van der Waals surface area contributed by atoms with Crippen LogP contribution >= 0.6 is 0 Å². The molecule has 2 fully saturated rings. The van der Waals surface area contributed by atoms with Crippen LogP contribution in [-0.2, 0) is 18.3 Å². The number of amides is 1. The predicted octanol–water partition coefficient (Wildman–Crippen LogP) is 1.15. The van der Waals surface area contributed by atoms with E-state index in [4.69, 9.17) is 0 Å². The fourth-order valence-corrected chi connectivity index (χ4v) is 4.92. The standard InChI is InChI=1S/C21H30N6O2/c1-13-17(14(2)26(3)25-13)4-5-21(29)24-18-8-15-11-27(12-16(15)9-19(18)28)20-10-22-6-7-23-20/h6-7,10,15-16,18-19,28H,4-5,8-9,11-12H2,1-3H3,(H,24,29)/t15-,16+,18-,19-/m0/s1. The maximum absolute atomic E-state index is 12.6. The average Bonchev–Trinajstić information content (AvgIpc) is 3.21. The Morgan fingerprint density at radius 3 is 2.66 bits per heavy atom. The van der Waals surface area contributed by atoms with Crippen LogP contribution in [0.2, 0.25) is 0 Å². The van der Waals surface area contributed by atoms with E-state index in [1.807, 2.05) is 25.6 Å². The monoisotopic (exact) mass is 398 g/mol. The Labute approximate surface area is 171 Å². The zero-order valence-corrected chi connectivity index (χ0v) is 17.4. The Morgan fingerprint density at radius 2 is 2.00 bits per heavy atom. The molecule has 29 heavy (non-hydrogen) atoms. The molecule has 4 atom stereocenters. The molecule has 0 bridgehead atoms. The molecule has 0 unspecified atom stereocenters. The molecule has 0 spiro atoms. The number of aliphatic hydroxyl groups excluding tert-OH is 1. The molecule has 1 aliphatic heterocycles. The first-order valence-corrected chi connectivity index (χ1v) is 10.4. The van der Waals surface area contributed by atoms with Crippen LogP contribution in [0, 0.1) is 25.7 Å². The zero-order chi connectivity index (χ0) is 20.5. The smallest absolute Gasteiger partial charge is 0.220 e. The zero-order valence-electron chi connectivity index (χ0n) is 17.4. The number of aryl methyl sites for hydroxylation is 2. The van der Waals surface area contributed by atoms with Crippen molar-refractivity contribution in [3.63, 3.8) is 0 Å². The molecule has 1 saturated carbocycles. The van der Waals surface area contributed by atoms with Crippen molar-refractivity contribution >= 4 is 11.7 Å². The predicted molar refractivity (Wildman–Crippen MR) is 109 cm³/mol. The molecule has 3 heterocycles. The lowest BCUT2D eigenvalue weighted by Gasteiger charge is -2.35. The second-order valence-electron chi connectivity index (χ2n) is 8.47. The highest BCUT2D eigenvalue weighted by Gasteiger charge is 2.42. The van der Waals surface area contributed by atoms with E-state index in [-0.39, 0.29) is 11.9 Å². The van der Waals surface area contributed by atoms with Crippen molar-refractivity contribution in [3.05, 3.63) is 35.5 Å². The van der Waals surface area contributed by atoms with Crippen molar-refractivity contribution in [2.24, 2.45) is 18.9 Å². The van der Waals surface area contributed by atoms with Gasteiger partial charge in [0.15, 0.2) is 0 Å². The van der Waals surface area contributed by atoms with Gasteiger partial charge in [-0.2, -0.15) is 5.10 Å². The van der Waals surface area contributed by atoms with E-state index in [1.165, 1.54) is 0 Å². The molecule has 2 aromatic rings. The first-order valence-electron chi connectivity index (χ1n) is 10.4. The van der Waals surface area contributed by atoms with E-state index in [0.717, 1.165) is 42.3 Å². The lowest BCUT2D eigenvalue weighted by Crippen LogP contribution is -2.49. The molecular weight excluding hydrogens is 368 g/mol. The number of nitrogens with one attached hydrogen (secondary N) is 1. The highest BCUT2D eigenvalue weighted by Crippen LogP contribution is 2.37. The molecule has 2 N–H and O–H groups in total. The maximum atomic E-state index is 12.6. The first kappa shape index (κ1) is 19.8. The molecule has 0 aromatic carbocycles. The minimum absolute atomic E-state index is 0.000989. The summed E-state index contributed by atoms with van der Waals surface area (Å²) in [5.41, 5.74) is 3.22. The third-order valence-corrected chi connectivity index (χ3v) is 6.62. The molecule has 2 aliphatic rings. The van der Waals surface area contributed by atoms with Crippen LogP contribution in [0.3, 0.4) is 0 Å². The van der Waals surface area contributed by atoms with Crippen molar-refractivity contribution in [2.45, 2.75) is 51.7 Å². The van der Waals surface area contributed by atoms with Crippen LogP contribution in [-0.4, -0.2) is 56.0 Å². The van der Waals surface area contributed by atoms with Gasteiger partial charge >= 0.3 is 0 Å². The number of anilines is 1. The summed E-state index contributed by atoms with van der Waals surface area (Å²) in [7, 11) is 1.92. The van der Waals surface area contributed by atoms with Gasteiger partial charge < -0.3 is 15.3 Å². The molecule has 2 aromatic heterocycles. The lowest BCUT2D eigenvalue weighted by molar-refractivity contribution is -0.123. The molecule has 156 valence electrons. The Hall–Kier alpha value is -2.48. The summed E-state index contributed by atoms with van der Waals surface area (Å²) in [5, 5.41) is 18.1. The number of aliphatic hydroxyl groups is 1. The normalized spacial score (nSPS) is 26.4. The van der Waals surface area contributed by atoms with Gasteiger partial charge in [0, 0.05) is 44.6 Å². The molecule has 8 nitrogen and oxygen atoms in total. The molecular formula is C21H30N6O2. The van der Waals surface area contributed by atoms with Crippen LogP contribution < -0.4 is 10.2 Å². The van der Waals surface area contributed by atoms with Crippen molar-refractivity contribution in [3.8, 4) is 0 Å². The lowest BCUT2D eigenvalue weighted by atomic mass is 9.77. The summed E-state index contributed by atoms with van der Waals surface area (Å²) in [6.45, 7) is 5.80. The van der Waals surface area contributed by atoms with Gasteiger partial charge in [-0.05, 0) is 50.5 Å². The summed E-state index contributed by atoms with van der Waals surface area (Å²) >= 11 is 0. The largest absolute Gasteiger partial charge is 0.391 e. The number of fused-ring (bicyclic) bond motifs is 1. The molecule has 8 heteroatoms. The minimum atomic E-state index is -0.496. The van der Waals surface area contributed by atoms with Gasteiger partial charge in [0.1, 0.15) is 5.82 Å². The van der Waals surface area contributed by atoms with E-state index < -0.39 is 6.10 Å². The third-order valence-electron chi connectivity index (χ3n) is 6.62. The summed E-state index contributed by atoms with van der Waals surface area (Å²) in [6, 6.07) is -0.179. The fourth-order valence-electron chi connectivity index (χ4n) is 4.92. The molecule has 0 radical (unpaired) electrons. The van der Waals surface area contributed by atoms with E-state index in [1.54, 1.807) is 18.6 Å². The van der Waals surface area contributed by atoms with Crippen LogP contribution in [0.1, 0.15) is 36.2 Å². The van der Waals surface area contributed by atoms with Gasteiger partial charge in [-0.25, -0.2) is 4.98 Å². The van der Waals surface area contributed by atoms with Crippen LogP contribution in [0.25, 0.3) is 0 Å². The number of hydrogen-bond donors (Lipinski definition) is 2.